The first-order valence-electron chi connectivity index (χ1n) is 6.78. The molecule has 1 aliphatic heterocycles. The highest BCUT2D eigenvalue weighted by atomic mass is 15.1. The van der Waals surface area contributed by atoms with Gasteiger partial charge in [-0.15, -0.1) is 0 Å². The maximum atomic E-state index is 5.92. The maximum Gasteiger partial charge on any atom is 0.0371 e. The third-order valence-corrected chi connectivity index (χ3v) is 4.02. The molecule has 1 aromatic carbocycles. The fraction of sp³-hybridized carbons (Fsp3) is 0.600. The van der Waals surface area contributed by atoms with E-state index in [1.807, 2.05) is 6.07 Å². The molecule has 1 saturated heterocycles. The van der Waals surface area contributed by atoms with Gasteiger partial charge in [-0.25, -0.2) is 0 Å². The van der Waals surface area contributed by atoms with E-state index < -0.39 is 0 Å². The van der Waals surface area contributed by atoms with Crippen LogP contribution in [-0.2, 0) is 0 Å². The number of benzene rings is 1. The number of likely N-dealkylation sites (tertiary alicyclic amines) is 1. The van der Waals surface area contributed by atoms with Crippen molar-refractivity contribution in [2.24, 2.45) is 5.92 Å². The Morgan fingerprint density at radius 2 is 1.94 bits per heavy atom. The first-order chi connectivity index (χ1) is 8.58. The Labute approximate surface area is 111 Å². The molecule has 3 heteroatoms. The van der Waals surface area contributed by atoms with E-state index in [9.17, 15) is 0 Å². The minimum Gasteiger partial charge on any atom is -0.399 e. The van der Waals surface area contributed by atoms with Gasteiger partial charge in [0, 0.05) is 11.7 Å². The van der Waals surface area contributed by atoms with Gasteiger partial charge in [-0.3, -0.25) is 0 Å². The average molecular weight is 247 g/mol. The third-order valence-electron chi connectivity index (χ3n) is 4.02. The number of nitrogens with zero attached hydrogens (tertiary/aromatic N) is 2. The van der Waals surface area contributed by atoms with E-state index in [0.717, 1.165) is 11.6 Å². The third kappa shape index (κ3) is 3.03. The molecular formula is C15H25N3. The Kier molecular flexibility index (Phi) is 4.25. The van der Waals surface area contributed by atoms with Crippen molar-refractivity contribution >= 4 is 5.69 Å². The van der Waals surface area contributed by atoms with E-state index in [2.05, 4.69) is 49.1 Å². The number of piperidine rings is 1. The first kappa shape index (κ1) is 13.4. The summed E-state index contributed by atoms with van der Waals surface area (Å²) >= 11 is 0. The molecule has 1 fully saturated rings. The zero-order valence-electron chi connectivity index (χ0n) is 11.8. The van der Waals surface area contributed by atoms with Crippen molar-refractivity contribution in [2.75, 3.05) is 40.0 Å². The van der Waals surface area contributed by atoms with Crippen LogP contribution in [0.4, 0.5) is 5.69 Å². The van der Waals surface area contributed by atoms with Crippen molar-refractivity contribution in [2.45, 2.75) is 18.9 Å². The summed E-state index contributed by atoms with van der Waals surface area (Å²) in [6, 6.07) is 8.85. The zero-order chi connectivity index (χ0) is 13.1. The number of hydrogen-bond donors (Lipinski definition) is 1. The van der Waals surface area contributed by atoms with E-state index in [0.29, 0.717) is 6.04 Å². The molecule has 18 heavy (non-hydrogen) atoms. The van der Waals surface area contributed by atoms with Crippen molar-refractivity contribution in [1.29, 1.82) is 0 Å². The molecule has 0 amide bonds. The standard InChI is InChI=1S/C15H25N3/c1-17(2)15(12-7-9-18(3)10-8-12)13-5-4-6-14(16)11-13/h4-6,11-12,15H,7-10,16H2,1-3H3. The monoisotopic (exact) mass is 247 g/mol. The van der Waals surface area contributed by atoms with Crippen molar-refractivity contribution in [3.63, 3.8) is 0 Å². The van der Waals surface area contributed by atoms with Gasteiger partial charge in [0.25, 0.3) is 0 Å². The molecule has 100 valence electrons. The van der Waals surface area contributed by atoms with E-state index in [-0.39, 0.29) is 0 Å². The van der Waals surface area contributed by atoms with Gasteiger partial charge < -0.3 is 15.5 Å². The highest BCUT2D eigenvalue weighted by Gasteiger charge is 2.28. The minimum atomic E-state index is 0.488. The van der Waals surface area contributed by atoms with Crippen LogP contribution in [0.1, 0.15) is 24.4 Å². The smallest absolute Gasteiger partial charge is 0.0371 e. The number of rotatable bonds is 3. The Morgan fingerprint density at radius 1 is 1.28 bits per heavy atom. The van der Waals surface area contributed by atoms with Crippen LogP contribution >= 0.6 is 0 Å². The molecule has 2 rings (SSSR count). The van der Waals surface area contributed by atoms with Crippen LogP contribution < -0.4 is 5.73 Å². The van der Waals surface area contributed by atoms with E-state index in [1.165, 1.54) is 31.5 Å². The molecule has 2 N–H and O–H groups in total. The van der Waals surface area contributed by atoms with Crippen molar-refractivity contribution in [3.05, 3.63) is 29.8 Å². The Morgan fingerprint density at radius 3 is 2.50 bits per heavy atom. The van der Waals surface area contributed by atoms with Gasteiger partial charge >= 0.3 is 0 Å². The predicted octanol–water partition coefficient (Wildman–Crippen LogP) is 2.21. The number of nitrogens with two attached hydrogens (primary N) is 1. The molecule has 1 heterocycles. The van der Waals surface area contributed by atoms with Crippen molar-refractivity contribution in [3.8, 4) is 0 Å². The Hall–Kier alpha value is -1.06. The van der Waals surface area contributed by atoms with Gasteiger partial charge in [-0.05, 0) is 70.7 Å². The van der Waals surface area contributed by atoms with Gasteiger partial charge in [0.1, 0.15) is 0 Å². The molecule has 3 nitrogen and oxygen atoms in total. The molecule has 0 aromatic heterocycles. The van der Waals surface area contributed by atoms with Crippen LogP contribution in [0.5, 0.6) is 0 Å². The summed E-state index contributed by atoms with van der Waals surface area (Å²) in [6.45, 7) is 2.41. The normalized spacial score (nSPS) is 20.2. The highest BCUT2D eigenvalue weighted by molar-refractivity contribution is 5.41. The van der Waals surface area contributed by atoms with Crippen LogP contribution in [0.2, 0.25) is 0 Å². The summed E-state index contributed by atoms with van der Waals surface area (Å²) in [4.78, 5) is 4.76. The van der Waals surface area contributed by atoms with Crippen molar-refractivity contribution in [1.82, 2.24) is 9.80 Å². The molecule has 0 bridgehead atoms. The molecule has 0 spiro atoms. The summed E-state index contributed by atoms with van der Waals surface area (Å²) in [5, 5.41) is 0. The zero-order valence-corrected chi connectivity index (χ0v) is 11.8. The summed E-state index contributed by atoms with van der Waals surface area (Å²) < 4.78 is 0. The second-order valence-corrected chi connectivity index (χ2v) is 5.72. The molecule has 0 aliphatic carbocycles. The lowest BCUT2D eigenvalue weighted by Crippen LogP contribution is -2.37. The predicted molar refractivity (Wildman–Crippen MR) is 77.5 cm³/mol. The van der Waals surface area contributed by atoms with Crippen LogP contribution in [0, 0.1) is 5.92 Å². The van der Waals surface area contributed by atoms with Crippen LogP contribution in [0.15, 0.2) is 24.3 Å². The summed E-state index contributed by atoms with van der Waals surface area (Å²) in [5.74, 6) is 0.734. The molecule has 1 unspecified atom stereocenters. The van der Waals surface area contributed by atoms with Gasteiger partial charge in [-0.2, -0.15) is 0 Å². The second-order valence-electron chi connectivity index (χ2n) is 5.72. The van der Waals surface area contributed by atoms with Crippen LogP contribution in [-0.4, -0.2) is 44.0 Å². The molecule has 0 radical (unpaired) electrons. The number of nitrogen functional groups attached to an aromatic ring is 1. The van der Waals surface area contributed by atoms with E-state index in [1.54, 1.807) is 0 Å². The lowest BCUT2D eigenvalue weighted by Gasteiger charge is -2.38. The summed E-state index contributed by atoms with van der Waals surface area (Å²) in [7, 11) is 6.56. The van der Waals surface area contributed by atoms with Crippen molar-refractivity contribution < 1.29 is 0 Å². The fourth-order valence-corrected chi connectivity index (χ4v) is 3.08. The average Bonchev–Trinajstić information content (AvgIpc) is 2.32. The van der Waals surface area contributed by atoms with Gasteiger partial charge in [0.15, 0.2) is 0 Å². The van der Waals surface area contributed by atoms with Gasteiger partial charge in [-0.1, -0.05) is 12.1 Å². The lowest BCUT2D eigenvalue weighted by atomic mass is 9.84. The number of hydrogen-bond acceptors (Lipinski definition) is 3. The summed E-state index contributed by atoms with van der Waals surface area (Å²) in [5.41, 5.74) is 8.15. The van der Waals surface area contributed by atoms with E-state index in [4.69, 9.17) is 5.73 Å². The van der Waals surface area contributed by atoms with Crippen LogP contribution in [0.3, 0.4) is 0 Å². The second kappa shape index (κ2) is 5.72. The summed E-state index contributed by atoms with van der Waals surface area (Å²) in [6.07, 6.45) is 2.54. The number of anilines is 1. The van der Waals surface area contributed by atoms with Gasteiger partial charge in [0.05, 0.1) is 0 Å². The van der Waals surface area contributed by atoms with E-state index >= 15 is 0 Å². The first-order valence-corrected chi connectivity index (χ1v) is 6.78. The minimum absolute atomic E-state index is 0.488. The SMILES string of the molecule is CN1CCC(C(c2cccc(N)c2)N(C)C)CC1. The Balaban J connectivity index is 2.18. The quantitative estimate of drug-likeness (QED) is 0.831. The molecule has 1 aliphatic rings. The molecule has 1 aromatic rings. The fourth-order valence-electron chi connectivity index (χ4n) is 3.08. The molecular weight excluding hydrogens is 222 g/mol. The Bertz CT molecular complexity index is 381. The van der Waals surface area contributed by atoms with Crippen LogP contribution in [0.25, 0.3) is 0 Å². The van der Waals surface area contributed by atoms with Gasteiger partial charge in [0.2, 0.25) is 0 Å². The lowest BCUT2D eigenvalue weighted by molar-refractivity contribution is 0.131. The molecule has 1 atom stereocenters. The topological polar surface area (TPSA) is 32.5 Å². The highest BCUT2D eigenvalue weighted by Crippen LogP contribution is 2.34. The maximum absolute atomic E-state index is 5.92. The largest absolute Gasteiger partial charge is 0.399 e. The molecule has 0 saturated carbocycles.